The number of rotatable bonds is 2. The molecule has 4 aliphatic carbocycles. The summed E-state index contributed by atoms with van der Waals surface area (Å²) in [7, 11) is 0. The highest BCUT2D eigenvalue weighted by atomic mass is 16.5. The van der Waals surface area contributed by atoms with Crippen LogP contribution in [0.4, 0.5) is 0 Å². The van der Waals surface area contributed by atoms with Crippen LogP contribution in [0.1, 0.15) is 85.5 Å². The minimum absolute atomic E-state index is 0.118. The van der Waals surface area contributed by atoms with Gasteiger partial charge in [-0.05, 0) is 79.4 Å². The highest BCUT2D eigenvalue weighted by Gasteiger charge is 2.58. The zero-order valence-electron chi connectivity index (χ0n) is 16.6. The van der Waals surface area contributed by atoms with Gasteiger partial charge in [0.05, 0.1) is 0 Å². The van der Waals surface area contributed by atoms with Crippen LogP contribution in [-0.4, -0.2) is 12.1 Å². The van der Waals surface area contributed by atoms with Crippen LogP contribution < -0.4 is 0 Å². The average molecular weight is 345 g/mol. The fourth-order valence-corrected chi connectivity index (χ4v) is 7.74. The van der Waals surface area contributed by atoms with Gasteiger partial charge in [0.15, 0.2) is 0 Å². The van der Waals surface area contributed by atoms with Crippen LogP contribution in [0, 0.1) is 34.5 Å². The van der Waals surface area contributed by atoms with Gasteiger partial charge >= 0.3 is 5.97 Å². The van der Waals surface area contributed by atoms with E-state index in [4.69, 9.17) is 4.74 Å². The van der Waals surface area contributed by atoms with Gasteiger partial charge in [0.25, 0.3) is 0 Å². The Morgan fingerprint density at radius 1 is 1.16 bits per heavy atom. The van der Waals surface area contributed by atoms with E-state index >= 15 is 0 Å². The Bertz CT molecular complexity index is 579. The van der Waals surface area contributed by atoms with Crippen LogP contribution in [0.3, 0.4) is 0 Å². The standard InChI is InChI=1S/C23H36O2/c1-5-16-7-9-20-19-8-6-17-14-18(25-15(2)24)10-12-23(17,4)21(19)11-13-22(16,20)3/h6,16,18-21H,5,7-14H2,1-4H3/t16-,18-,19?,20?,21?,22?,23-/m0/s1. The zero-order valence-corrected chi connectivity index (χ0v) is 16.6. The van der Waals surface area contributed by atoms with E-state index in [9.17, 15) is 4.79 Å². The van der Waals surface area contributed by atoms with E-state index < -0.39 is 0 Å². The van der Waals surface area contributed by atoms with E-state index in [1.165, 1.54) is 44.9 Å². The molecule has 25 heavy (non-hydrogen) atoms. The number of carbonyl (C=O) groups excluding carboxylic acids is 1. The van der Waals surface area contributed by atoms with Crippen molar-refractivity contribution in [1.82, 2.24) is 0 Å². The average Bonchev–Trinajstić information content (AvgIpc) is 2.91. The van der Waals surface area contributed by atoms with E-state index in [0.717, 1.165) is 36.5 Å². The molecule has 0 heterocycles. The van der Waals surface area contributed by atoms with Gasteiger partial charge < -0.3 is 4.74 Å². The fourth-order valence-electron chi connectivity index (χ4n) is 7.74. The molecule has 4 unspecified atom stereocenters. The first-order valence-electron chi connectivity index (χ1n) is 10.7. The summed E-state index contributed by atoms with van der Waals surface area (Å²) in [6, 6.07) is 0. The number of ether oxygens (including phenoxy) is 1. The van der Waals surface area contributed by atoms with Crippen LogP contribution in [0.5, 0.6) is 0 Å². The van der Waals surface area contributed by atoms with Crippen molar-refractivity contribution in [3.8, 4) is 0 Å². The topological polar surface area (TPSA) is 26.3 Å². The van der Waals surface area contributed by atoms with E-state index in [1.807, 2.05) is 0 Å². The van der Waals surface area contributed by atoms with Crippen molar-refractivity contribution >= 4 is 5.97 Å². The molecule has 0 radical (unpaired) electrons. The monoisotopic (exact) mass is 344 g/mol. The third-order valence-electron chi connectivity index (χ3n) is 9.08. The van der Waals surface area contributed by atoms with Gasteiger partial charge in [-0.1, -0.05) is 38.8 Å². The summed E-state index contributed by atoms with van der Waals surface area (Å²) in [5, 5.41) is 0. The van der Waals surface area contributed by atoms with Gasteiger partial charge in [-0.15, -0.1) is 0 Å². The lowest BCUT2D eigenvalue weighted by atomic mass is 9.47. The van der Waals surface area contributed by atoms with E-state index in [0.29, 0.717) is 10.8 Å². The quantitative estimate of drug-likeness (QED) is 0.460. The molecule has 0 spiro atoms. The van der Waals surface area contributed by atoms with Gasteiger partial charge in [0.1, 0.15) is 6.10 Å². The second-order valence-corrected chi connectivity index (χ2v) is 9.96. The third-order valence-corrected chi connectivity index (χ3v) is 9.08. The van der Waals surface area contributed by atoms with Gasteiger partial charge in [-0.25, -0.2) is 0 Å². The molecule has 140 valence electrons. The van der Waals surface area contributed by atoms with Crippen molar-refractivity contribution in [2.24, 2.45) is 34.5 Å². The van der Waals surface area contributed by atoms with Crippen molar-refractivity contribution in [2.75, 3.05) is 0 Å². The first-order valence-corrected chi connectivity index (χ1v) is 10.7. The Morgan fingerprint density at radius 3 is 2.68 bits per heavy atom. The maximum absolute atomic E-state index is 11.4. The Labute approximate surface area is 153 Å². The predicted molar refractivity (Wildman–Crippen MR) is 101 cm³/mol. The molecule has 0 amide bonds. The minimum Gasteiger partial charge on any atom is -0.462 e. The second-order valence-electron chi connectivity index (χ2n) is 9.96. The molecule has 4 aliphatic rings. The number of fused-ring (bicyclic) bond motifs is 5. The van der Waals surface area contributed by atoms with Gasteiger partial charge in [-0.3, -0.25) is 4.79 Å². The predicted octanol–water partition coefficient (Wildman–Crippen LogP) is 5.91. The molecule has 0 aliphatic heterocycles. The van der Waals surface area contributed by atoms with Crippen LogP contribution in [0.15, 0.2) is 11.6 Å². The molecule has 2 nitrogen and oxygen atoms in total. The lowest BCUT2D eigenvalue weighted by Gasteiger charge is -2.58. The van der Waals surface area contributed by atoms with Crippen molar-refractivity contribution in [3.63, 3.8) is 0 Å². The summed E-state index contributed by atoms with van der Waals surface area (Å²) in [6.45, 7) is 9.11. The molecular formula is C23H36O2. The molecule has 3 fully saturated rings. The highest BCUT2D eigenvalue weighted by Crippen LogP contribution is 2.66. The number of carbonyl (C=O) groups is 1. The van der Waals surface area contributed by atoms with Crippen LogP contribution in [-0.2, 0) is 9.53 Å². The molecule has 7 atom stereocenters. The Morgan fingerprint density at radius 2 is 1.96 bits per heavy atom. The van der Waals surface area contributed by atoms with Crippen molar-refractivity contribution < 1.29 is 9.53 Å². The zero-order chi connectivity index (χ0) is 17.8. The molecule has 4 rings (SSSR count). The molecule has 2 heteroatoms. The highest BCUT2D eigenvalue weighted by molar-refractivity contribution is 5.66. The summed E-state index contributed by atoms with van der Waals surface area (Å²) >= 11 is 0. The summed E-state index contributed by atoms with van der Waals surface area (Å²) in [4.78, 5) is 11.4. The summed E-state index contributed by atoms with van der Waals surface area (Å²) in [5.74, 6) is 3.54. The maximum Gasteiger partial charge on any atom is 0.302 e. The van der Waals surface area contributed by atoms with E-state index in [-0.39, 0.29) is 12.1 Å². The lowest BCUT2D eigenvalue weighted by molar-refractivity contribution is -0.148. The van der Waals surface area contributed by atoms with E-state index in [1.54, 1.807) is 12.5 Å². The molecular weight excluding hydrogens is 308 g/mol. The Balaban J connectivity index is 1.58. The van der Waals surface area contributed by atoms with Gasteiger partial charge in [-0.2, -0.15) is 0 Å². The third kappa shape index (κ3) is 2.61. The minimum atomic E-state index is -0.118. The summed E-state index contributed by atoms with van der Waals surface area (Å²) < 4.78 is 5.56. The smallest absolute Gasteiger partial charge is 0.302 e. The van der Waals surface area contributed by atoms with Crippen molar-refractivity contribution in [1.29, 1.82) is 0 Å². The number of hydrogen-bond acceptors (Lipinski definition) is 2. The first kappa shape index (κ1) is 17.6. The number of esters is 1. The number of hydrogen-bond donors (Lipinski definition) is 0. The maximum atomic E-state index is 11.4. The molecule has 0 saturated heterocycles. The molecule has 0 N–H and O–H groups in total. The van der Waals surface area contributed by atoms with Crippen molar-refractivity contribution in [3.05, 3.63) is 11.6 Å². The normalized spacial score (nSPS) is 48.8. The molecule has 0 aromatic heterocycles. The summed E-state index contributed by atoms with van der Waals surface area (Å²) in [5.41, 5.74) is 2.58. The van der Waals surface area contributed by atoms with Crippen LogP contribution in [0.25, 0.3) is 0 Å². The molecule has 0 aromatic rings. The largest absolute Gasteiger partial charge is 0.462 e. The molecule has 0 bridgehead atoms. The molecule has 0 aromatic carbocycles. The number of allylic oxidation sites excluding steroid dienone is 1. The Hall–Kier alpha value is -0.790. The SMILES string of the molecule is CC[C@H]1CCC2C3CC=C4C[C@@H](OC(C)=O)CC[C@]4(C)C3CCC21C. The summed E-state index contributed by atoms with van der Waals surface area (Å²) in [6.07, 6.45) is 14.4. The van der Waals surface area contributed by atoms with Gasteiger partial charge in [0.2, 0.25) is 0 Å². The van der Waals surface area contributed by atoms with Crippen LogP contribution in [0.2, 0.25) is 0 Å². The second kappa shape index (κ2) is 6.13. The van der Waals surface area contributed by atoms with Gasteiger partial charge in [0, 0.05) is 13.3 Å². The fraction of sp³-hybridized carbons (Fsp3) is 0.870. The Kier molecular flexibility index (Phi) is 4.32. The first-order chi connectivity index (χ1) is 11.9. The van der Waals surface area contributed by atoms with Crippen molar-refractivity contribution in [2.45, 2.75) is 91.6 Å². The molecule has 3 saturated carbocycles. The lowest BCUT2D eigenvalue weighted by Crippen LogP contribution is -2.50. The van der Waals surface area contributed by atoms with Crippen LogP contribution >= 0.6 is 0 Å². The van der Waals surface area contributed by atoms with E-state index in [2.05, 4.69) is 26.8 Å².